The van der Waals surface area contributed by atoms with E-state index >= 15 is 0 Å². The number of hydrogen-bond acceptors (Lipinski definition) is 4. The van der Waals surface area contributed by atoms with Gasteiger partial charge < -0.3 is 10.4 Å². The molecule has 28 heavy (non-hydrogen) atoms. The molecule has 0 aliphatic heterocycles. The zero-order valence-corrected chi connectivity index (χ0v) is 16.6. The van der Waals surface area contributed by atoms with Crippen molar-refractivity contribution in [3.63, 3.8) is 0 Å². The fourth-order valence-corrected chi connectivity index (χ4v) is 4.93. The highest BCUT2D eigenvalue weighted by atomic mass is 32.2. The molecule has 0 heterocycles. The number of nitrogens with zero attached hydrogens (tertiary/aromatic N) is 1. The van der Waals surface area contributed by atoms with Crippen LogP contribution in [0, 0.1) is 11.8 Å². The molecular formula is C18H25F3N2O4S. The molecule has 0 radical (unpaired) electrons. The van der Waals surface area contributed by atoms with Crippen LogP contribution in [0.5, 0.6) is 5.75 Å². The van der Waals surface area contributed by atoms with Gasteiger partial charge in [-0.1, -0.05) is 20.3 Å². The summed E-state index contributed by atoms with van der Waals surface area (Å²) in [5.41, 5.74) is -0.132. The second kappa shape index (κ2) is 8.69. The number of aromatic hydroxyl groups is 1. The van der Waals surface area contributed by atoms with Gasteiger partial charge in [-0.3, -0.25) is 4.79 Å². The molecule has 0 bridgehead atoms. The molecule has 1 fully saturated rings. The quantitative estimate of drug-likeness (QED) is 0.684. The number of benzene rings is 1. The Morgan fingerprint density at radius 3 is 2.46 bits per heavy atom. The van der Waals surface area contributed by atoms with Crippen molar-refractivity contribution in [2.75, 3.05) is 18.4 Å². The Kier molecular flexibility index (Phi) is 6.97. The molecule has 158 valence electrons. The Morgan fingerprint density at radius 2 is 1.89 bits per heavy atom. The fraction of sp³-hybridized carbons (Fsp3) is 0.611. The second-order valence-electron chi connectivity index (χ2n) is 6.86. The summed E-state index contributed by atoms with van der Waals surface area (Å²) in [6, 6.07) is 3.50. The first-order valence-corrected chi connectivity index (χ1v) is 10.6. The van der Waals surface area contributed by atoms with Crippen LogP contribution in [0.2, 0.25) is 0 Å². The molecule has 0 saturated heterocycles. The number of sulfonamides is 1. The van der Waals surface area contributed by atoms with E-state index in [0.717, 1.165) is 12.1 Å². The van der Waals surface area contributed by atoms with E-state index < -0.39 is 33.9 Å². The van der Waals surface area contributed by atoms with Crippen LogP contribution >= 0.6 is 0 Å². The van der Waals surface area contributed by atoms with E-state index in [4.69, 9.17) is 0 Å². The maximum atomic E-state index is 13.0. The lowest BCUT2D eigenvalue weighted by atomic mass is 9.80. The van der Waals surface area contributed by atoms with Crippen molar-refractivity contribution in [2.45, 2.75) is 50.6 Å². The molecule has 1 aliphatic carbocycles. The third kappa shape index (κ3) is 4.96. The van der Waals surface area contributed by atoms with Crippen molar-refractivity contribution in [1.29, 1.82) is 0 Å². The molecule has 1 aliphatic rings. The largest absolute Gasteiger partial charge is 0.506 e. The molecule has 0 unspecified atom stereocenters. The summed E-state index contributed by atoms with van der Waals surface area (Å²) in [5, 5.41) is 12.4. The van der Waals surface area contributed by atoms with Gasteiger partial charge in [0.1, 0.15) is 5.75 Å². The fourth-order valence-electron chi connectivity index (χ4n) is 3.45. The first-order valence-electron chi connectivity index (χ1n) is 9.21. The predicted octanol–water partition coefficient (Wildman–Crippen LogP) is 3.73. The zero-order valence-electron chi connectivity index (χ0n) is 15.8. The highest BCUT2D eigenvalue weighted by Crippen LogP contribution is 2.40. The predicted molar refractivity (Wildman–Crippen MR) is 98.3 cm³/mol. The van der Waals surface area contributed by atoms with E-state index in [1.807, 2.05) is 0 Å². The number of amides is 1. The van der Waals surface area contributed by atoms with Gasteiger partial charge in [0.15, 0.2) is 0 Å². The SMILES string of the molecule is CCN(CC)S(=O)(=O)c1ccc(O)c(NC(=O)[C@H]2CCC[C@@H](C(F)(F)F)C2)c1. The topological polar surface area (TPSA) is 86.7 Å². The van der Waals surface area contributed by atoms with Gasteiger partial charge in [-0.2, -0.15) is 17.5 Å². The average Bonchev–Trinajstić information content (AvgIpc) is 2.63. The van der Waals surface area contributed by atoms with Crippen LogP contribution < -0.4 is 5.32 Å². The minimum absolute atomic E-state index is 0.00384. The molecule has 1 aromatic rings. The van der Waals surface area contributed by atoms with Crippen LogP contribution in [0.15, 0.2) is 23.1 Å². The van der Waals surface area contributed by atoms with Gasteiger partial charge in [0.2, 0.25) is 15.9 Å². The molecule has 0 spiro atoms. The van der Waals surface area contributed by atoms with Crippen LogP contribution in [-0.4, -0.2) is 43.0 Å². The maximum Gasteiger partial charge on any atom is 0.391 e. The number of anilines is 1. The summed E-state index contributed by atoms with van der Waals surface area (Å²) in [6.45, 7) is 3.87. The molecule has 6 nitrogen and oxygen atoms in total. The molecule has 2 N–H and O–H groups in total. The van der Waals surface area contributed by atoms with Crippen molar-refractivity contribution in [1.82, 2.24) is 4.31 Å². The van der Waals surface area contributed by atoms with Crippen LogP contribution in [0.25, 0.3) is 0 Å². The lowest BCUT2D eigenvalue weighted by molar-refractivity contribution is -0.185. The second-order valence-corrected chi connectivity index (χ2v) is 8.80. The molecule has 2 rings (SSSR count). The Hall–Kier alpha value is -1.81. The monoisotopic (exact) mass is 422 g/mol. The summed E-state index contributed by atoms with van der Waals surface area (Å²) in [6.07, 6.45) is -4.07. The van der Waals surface area contributed by atoms with Crippen LogP contribution in [0.3, 0.4) is 0 Å². The first-order chi connectivity index (χ1) is 13.0. The lowest BCUT2D eigenvalue weighted by Crippen LogP contribution is -2.34. The van der Waals surface area contributed by atoms with Gasteiger partial charge in [0.05, 0.1) is 16.5 Å². The van der Waals surface area contributed by atoms with Gasteiger partial charge in [0, 0.05) is 19.0 Å². The number of rotatable bonds is 6. The number of nitrogens with one attached hydrogen (secondary N) is 1. The van der Waals surface area contributed by atoms with Crippen LogP contribution in [0.4, 0.5) is 18.9 Å². The number of halogens is 3. The van der Waals surface area contributed by atoms with Crippen molar-refractivity contribution in [3.8, 4) is 5.75 Å². The molecule has 2 atom stereocenters. The molecule has 0 aromatic heterocycles. The van der Waals surface area contributed by atoms with E-state index in [-0.39, 0.29) is 48.7 Å². The summed E-state index contributed by atoms with van der Waals surface area (Å²) in [7, 11) is -3.81. The van der Waals surface area contributed by atoms with Gasteiger partial charge >= 0.3 is 6.18 Å². The summed E-state index contributed by atoms with van der Waals surface area (Å²) in [5.74, 6) is -3.38. The molecule has 10 heteroatoms. The van der Waals surface area contributed by atoms with E-state index in [2.05, 4.69) is 5.32 Å². The van der Waals surface area contributed by atoms with Crippen LogP contribution in [-0.2, 0) is 14.8 Å². The average molecular weight is 422 g/mol. The Labute approximate surface area is 162 Å². The first kappa shape index (κ1) is 22.5. The molecule has 1 aromatic carbocycles. The molecular weight excluding hydrogens is 397 g/mol. The molecule has 1 saturated carbocycles. The van der Waals surface area contributed by atoms with Gasteiger partial charge in [-0.15, -0.1) is 0 Å². The Bertz CT molecular complexity index is 808. The summed E-state index contributed by atoms with van der Waals surface area (Å²) < 4.78 is 65.3. The van der Waals surface area contributed by atoms with Crippen molar-refractivity contribution in [2.24, 2.45) is 11.8 Å². The number of hydrogen-bond donors (Lipinski definition) is 2. The lowest BCUT2D eigenvalue weighted by Gasteiger charge is -2.29. The molecule has 1 amide bonds. The number of carbonyl (C=O) groups is 1. The standard InChI is InChI=1S/C18H25F3N2O4S/c1-3-23(4-2)28(26,27)14-8-9-16(24)15(11-14)22-17(25)12-6-5-7-13(10-12)18(19,20)21/h8-9,11-13,24H,3-7,10H2,1-2H3,(H,22,25)/t12-,13+/m0/s1. The number of carbonyl (C=O) groups excluding carboxylic acids is 1. The number of alkyl halides is 3. The highest BCUT2D eigenvalue weighted by Gasteiger charge is 2.43. The summed E-state index contributed by atoms with van der Waals surface area (Å²) >= 11 is 0. The third-order valence-electron chi connectivity index (χ3n) is 5.08. The Morgan fingerprint density at radius 1 is 1.25 bits per heavy atom. The normalized spacial score (nSPS) is 20.9. The van der Waals surface area contributed by atoms with Crippen molar-refractivity contribution in [3.05, 3.63) is 18.2 Å². The van der Waals surface area contributed by atoms with Gasteiger partial charge in [-0.05, 0) is 37.5 Å². The van der Waals surface area contributed by atoms with E-state index in [9.17, 15) is 31.5 Å². The smallest absolute Gasteiger partial charge is 0.391 e. The van der Waals surface area contributed by atoms with Gasteiger partial charge in [0.25, 0.3) is 0 Å². The maximum absolute atomic E-state index is 13.0. The van der Waals surface area contributed by atoms with Crippen molar-refractivity contribution >= 4 is 21.6 Å². The van der Waals surface area contributed by atoms with Crippen molar-refractivity contribution < 1.29 is 31.5 Å². The summed E-state index contributed by atoms with van der Waals surface area (Å²) in [4.78, 5) is 12.3. The Balaban J connectivity index is 2.21. The van der Waals surface area contributed by atoms with Gasteiger partial charge in [-0.25, -0.2) is 8.42 Å². The zero-order chi connectivity index (χ0) is 21.1. The number of phenolic OH excluding ortho intramolecular Hbond substituents is 1. The third-order valence-corrected chi connectivity index (χ3v) is 7.12. The minimum Gasteiger partial charge on any atom is -0.506 e. The number of phenols is 1. The van der Waals surface area contributed by atoms with E-state index in [0.29, 0.717) is 6.42 Å². The van der Waals surface area contributed by atoms with E-state index in [1.54, 1.807) is 13.8 Å². The minimum atomic E-state index is -4.35. The highest BCUT2D eigenvalue weighted by molar-refractivity contribution is 7.89. The van der Waals surface area contributed by atoms with E-state index in [1.165, 1.54) is 10.4 Å². The van der Waals surface area contributed by atoms with Crippen LogP contribution in [0.1, 0.15) is 39.5 Å².